The van der Waals surface area contributed by atoms with Gasteiger partial charge in [0.2, 0.25) is 5.91 Å². The highest BCUT2D eigenvalue weighted by molar-refractivity contribution is 5.93. The topological polar surface area (TPSA) is 110 Å². The number of amides is 3. The smallest absolute Gasteiger partial charge is 0.316 e. The molecule has 1 unspecified atom stereocenters. The minimum atomic E-state index is -0.641. The van der Waals surface area contributed by atoms with Gasteiger partial charge in [0.05, 0.1) is 0 Å². The van der Waals surface area contributed by atoms with Crippen molar-refractivity contribution in [3.05, 3.63) is 24.3 Å². The summed E-state index contributed by atoms with van der Waals surface area (Å²) in [5.41, 5.74) is 11.7. The van der Waals surface area contributed by atoms with Gasteiger partial charge in [-0.3, -0.25) is 4.79 Å². The lowest BCUT2D eigenvalue weighted by atomic mass is 10.0. The van der Waals surface area contributed by atoms with E-state index in [9.17, 15) is 9.59 Å². The summed E-state index contributed by atoms with van der Waals surface area (Å²) in [4.78, 5) is 22.5. The summed E-state index contributed by atoms with van der Waals surface area (Å²) in [7, 11) is 0. The molecule has 0 saturated carbocycles. The van der Waals surface area contributed by atoms with E-state index in [1.54, 1.807) is 24.3 Å². The van der Waals surface area contributed by atoms with Crippen LogP contribution in [0.15, 0.2) is 24.3 Å². The number of carbonyl (C=O) groups excluding carboxylic acids is 2. The Morgan fingerprint density at radius 3 is 2.42 bits per heavy atom. The molecule has 1 aromatic carbocycles. The summed E-state index contributed by atoms with van der Waals surface area (Å²) >= 11 is 0. The van der Waals surface area contributed by atoms with Crippen LogP contribution < -0.4 is 22.1 Å². The van der Waals surface area contributed by atoms with Crippen LogP contribution in [-0.2, 0) is 4.79 Å². The third-order valence-electron chi connectivity index (χ3n) is 2.80. The van der Waals surface area contributed by atoms with Gasteiger partial charge in [-0.05, 0) is 30.7 Å². The number of hydrogen-bond donors (Lipinski definition) is 4. The van der Waals surface area contributed by atoms with Gasteiger partial charge in [0.25, 0.3) is 0 Å². The second kappa shape index (κ2) is 7.38. The summed E-state index contributed by atoms with van der Waals surface area (Å²) in [6, 6.07) is 6.16. The molecule has 0 aliphatic heterocycles. The van der Waals surface area contributed by atoms with E-state index in [-0.39, 0.29) is 11.8 Å². The van der Waals surface area contributed by atoms with E-state index in [0.717, 1.165) is 6.42 Å². The largest absolute Gasteiger partial charge is 0.351 e. The first-order valence-electron chi connectivity index (χ1n) is 6.21. The van der Waals surface area contributed by atoms with E-state index in [0.29, 0.717) is 24.3 Å². The lowest BCUT2D eigenvalue weighted by molar-refractivity contribution is -0.117. The molecule has 104 valence electrons. The van der Waals surface area contributed by atoms with Crippen LogP contribution >= 0.6 is 0 Å². The molecule has 0 aliphatic rings. The van der Waals surface area contributed by atoms with Crippen molar-refractivity contribution < 1.29 is 9.59 Å². The van der Waals surface area contributed by atoms with E-state index < -0.39 is 6.03 Å². The van der Waals surface area contributed by atoms with E-state index in [4.69, 9.17) is 11.5 Å². The zero-order valence-corrected chi connectivity index (χ0v) is 11.0. The second-order valence-corrected chi connectivity index (χ2v) is 4.33. The Labute approximate surface area is 112 Å². The van der Waals surface area contributed by atoms with E-state index >= 15 is 0 Å². The zero-order valence-electron chi connectivity index (χ0n) is 11.0. The number of hydrogen-bond acceptors (Lipinski definition) is 3. The Kier molecular flexibility index (Phi) is 5.81. The Hall–Kier alpha value is -2.08. The highest BCUT2D eigenvalue weighted by atomic mass is 16.2. The molecule has 1 rings (SSSR count). The molecule has 3 amide bonds. The minimum Gasteiger partial charge on any atom is -0.351 e. The van der Waals surface area contributed by atoms with Crippen molar-refractivity contribution in [3.8, 4) is 0 Å². The monoisotopic (exact) mass is 264 g/mol. The van der Waals surface area contributed by atoms with Crippen molar-refractivity contribution in [2.24, 2.45) is 17.4 Å². The quantitative estimate of drug-likeness (QED) is 0.624. The van der Waals surface area contributed by atoms with E-state index in [2.05, 4.69) is 10.6 Å². The van der Waals surface area contributed by atoms with Crippen LogP contribution in [0.2, 0.25) is 0 Å². The van der Waals surface area contributed by atoms with Crippen molar-refractivity contribution in [2.45, 2.75) is 19.8 Å². The Morgan fingerprint density at radius 2 is 1.89 bits per heavy atom. The van der Waals surface area contributed by atoms with Gasteiger partial charge in [-0.1, -0.05) is 19.4 Å². The fourth-order valence-corrected chi connectivity index (χ4v) is 1.69. The molecular formula is C13H20N4O2. The fraction of sp³-hybridized carbons (Fsp3) is 0.385. The van der Waals surface area contributed by atoms with Gasteiger partial charge < -0.3 is 22.1 Å². The number of carbonyl (C=O) groups is 2. The summed E-state index contributed by atoms with van der Waals surface area (Å²) in [6.45, 7) is 2.50. The summed E-state index contributed by atoms with van der Waals surface area (Å²) < 4.78 is 0. The number of primary amides is 1. The lowest BCUT2D eigenvalue weighted by Crippen LogP contribution is -2.22. The molecule has 0 heterocycles. The van der Waals surface area contributed by atoms with E-state index in [1.807, 2.05) is 6.92 Å². The standard InChI is InChI=1S/C13H20N4O2/c1-2-9(8-14)6-12(18)16-10-4-3-5-11(7-10)17-13(15)19/h3-5,7,9H,2,6,8,14H2,1H3,(H,16,18)(H3,15,17,19). The number of nitrogens with two attached hydrogens (primary N) is 2. The number of benzene rings is 1. The molecule has 6 N–H and O–H groups in total. The average molecular weight is 264 g/mol. The molecule has 19 heavy (non-hydrogen) atoms. The highest BCUT2D eigenvalue weighted by Gasteiger charge is 2.10. The Morgan fingerprint density at radius 1 is 1.26 bits per heavy atom. The van der Waals surface area contributed by atoms with Crippen molar-refractivity contribution in [2.75, 3.05) is 17.2 Å². The molecule has 1 aromatic rings. The van der Waals surface area contributed by atoms with Crippen molar-refractivity contribution in [3.63, 3.8) is 0 Å². The first-order chi connectivity index (χ1) is 9.05. The maximum absolute atomic E-state index is 11.8. The van der Waals surface area contributed by atoms with Crippen LogP contribution in [0.25, 0.3) is 0 Å². The number of rotatable bonds is 6. The molecule has 1 atom stereocenters. The van der Waals surface area contributed by atoms with Gasteiger partial charge in [0.1, 0.15) is 0 Å². The molecule has 6 nitrogen and oxygen atoms in total. The van der Waals surface area contributed by atoms with Crippen LogP contribution in [0.4, 0.5) is 16.2 Å². The van der Waals surface area contributed by atoms with Crippen LogP contribution in [0.5, 0.6) is 0 Å². The molecule has 0 aromatic heterocycles. The van der Waals surface area contributed by atoms with Crippen LogP contribution in [-0.4, -0.2) is 18.5 Å². The lowest BCUT2D eigenvalue weighted by Gasteiger charge is -2.12. The first-order valence-corrected chi connectivity index (χ1v) is 6.21. The molecule has 0 spiro atoms. The zero-order chi connectivity index (χ0) is 14.3. The van der Waals surface area contributed by atoms with Gasteiger partial charge in [-0.2, -0.15) is 0 Å². The average Bonchev–Trinajstić information content (AvgIpc) is 2.35. The third kappa shape index (κ3) is 5.39. The van der Waals surface area contributed by atoms with Crippen LogP contribution in [0.1, 0.15) is 19.8 Å². The third-order valence-corrected chi connectivity index (χ3v) is 2.80. The summed E-state index contributed by atoms with van der Waals surface area (Å²) in [5.74, 6) is 0.0976. The second-order valence-electron chi connectivity index (χ2n) is 4.33. The molecular weight excluding hydrogens is 244 g/mol. The highest BCUT2D eigenvalue weighted by Crippen LogP contribution is 2.16. The molecule has 6 heteroatoms. The molecule has 0 aliphatic carbocycles. The van der Waals surface area contributed by atoms with Gasteiger partial charge in [-0.25, -0.2) is 4.79 Å². The van der Waals surface area contributed by atoms with Gasteiger partial charge >= 0.3 is 6.03 Å². The maximum atomic E-state index is 11.8. The Bertz CT molecular complexity index is 444. The minimum absolute atomic E-state index is 0.0893. The molecule has 0 fully saturated rings. The first kappa shape index (κ1) is 15.0. The molecule has 0 radical (unpaired) electrons. The van der Waals surface area contributed by atoms with Crippen molar-refractivity contribution in [1.82, 2.24) is 0 Å². The predicted molar refractivity (Wildman–Crippen MR) is 75.7 cm³/mol. The predicted octanol–water partition coefficient (Wildman–Crippen LogP) is 1.49. The van der Waals surface area contributed by atoms with E-state index in [1.165, 1.54) is 0 Å². The normalized spacial score (nSPS) is 11.7. The summed E-state index contributed by atoms with van der Waals surface area (Å²) in [5, 5.41) is 5.22. The van der Waals surface area contributed by atoms with Crippen LogP contribution in [0, 0.1) is 5.92 Å². The number of nitrogens with one attached hydrogen (secondary N) is 2. The van der Waals surface area contributed by atoms with Crippen molar-refractivity contribution in [1.29, 1.82) is 0 Å². The number of urea groups is 1. The summed E-state index contributed by atoms with van der Waals surface area (Å²) in [6.07, 6.45) is 1.26. The number of anilines is 2. The Balaban J connectivity index is 2.61. The SMILES string of the molecule is CCC(CN)CC(=O)Nc1cccc(NC(N)=O)c1. The van der Waals surface area contributed by atoms with Gasteiger partial charge in [0.15, 0.2) is 0 Å². The molecule has 0 bridgehead atoms. The van der Waals surface area contributed by atoms with Crippen molar-refractivity contribution >= 4 is 23.3 Å². The molecule has 0 saturated heterocycles. The van der Waals surface area contributed by atoms with Gasteiger partial charge in [0, 0.05) is 17.8 Å². The fourth-order valence-electron chi connectivity index (χ4n) is 1.69. The van der Waals surface area contributed by atoms with Crippen LogP contribution in [0.3, 0.4) is 0 Å². The maximum Gasteiger partial charge on any atom is 0.316 e. The van der Waals surface area contributed by atoms with Gasteiger partial charge in [-0.15, -0.1) is 0 Å².